The van der Waals surface area contributed by atoms with Crippen LogP contribution in [0.5, 0.6) is 0 Å². The topological polar surface area (TPSA) is 45.5 Å². The van der Waals surface area contributed by atoms with Gasteiger partial charge in [-0.15, -0.1) is 0 Å². The van der Waals surface area contributed by atoms with Crippen molar-refractivity contribution in [1.29, 1.82) is 0 Å². The van der Waals surface area contributed by atoms with E-state index < -0.39 is 0 Å². The van der Waals surface area contributed by atoms with Gasteiger partial charge in [-0.2, -0.15) is 0 Å². The molecule has 0 spiro atoms. The van der Waals surface area contributed by atoms with Gasteiger partial charge in [0.1, 0.15) is 5.76 Å². The lowest BCUT2D eigenvalue weighted by Gasteiger charge is -2.11. The highest BCUT2D eigenvalue weighted by molar-refractivity contribution is 5.93. The molecule has 1 heterocycles. The fourth-order valence-electron chi connectivity index (χ4n) is 1.88. The molecule has 0 fully saturated rings. The summed E-state index contributed by atoms with van der Waals surface area (Å²) in [6.45, 7) is 2.38. The van der Waals surface area contributed by atoms with Crippen LogP contribution >= 0.6 is 0 Å². The molecular formula is C15H18N2O2. The van der Waals surface area contributed by atoms with Crippen molar-refractivity contribution in [2.45, 2.75) is 6.92 Å². The van der Waals surface area contributed by atoms with Gasteiger partial charge in [0, 0.05) is 11.3 Å². The van der Waals surface area contributed by atoms with Crippen LogP contribution in [0.1, 0.15) is 5.56 Å². The number of furan rings is 1. The molecule has 1 aromatic heterocycles. The van der Waals surface area contributed by atoms with Crippen molar-refractivity contribution >= 4 is 11.6 Å². The number of amides is 1. The Morgan fingerprint density at radius 1 is 1.32 bits per heavy atom. The molecule has 0 saturated heterocycles. The monoisotopic (exact) mass is 258 g/mol. The van der Waals surface area contributed by atoms with E-state index >= 15 is 0 Å². The highest BCUT2D eigenvalue weighted by Gasteiger charge is 2.08. The Balaban J connectivity index is 2.20. The van der Waals surface area contributed by atoms with Gasteiger partial charge < -0.3 is 14.6 Å². The van der Waals surface area contributed by atoms with Crippen molar-refractivity contribution in [3.05, 3.63) is 42.2 Å². The molecule has 0 unspecified atom stereocenters. The van der Waals surface area contributed by atoms with E-state index in [0.717, 1.165) is 22.6 Å². The third-order valence-electron chi connectivity index (χ3n) is 2.77. The molecule has 0 aliphatic heterocycles. The van der Waals surface area contributed by atoms with Gasteiger partial charge in [0.15, 0.2) is 0 Å². The number of carbonyl (C=O) groups is 1. The van der Waals surface area contributed by atoms with Crippen LogP contribution in [0.15, 0.2) is 41.0 Å². The highest BCUT2D eigenvalue weighted by Crippen LogP contribution is 2.26. The number of anilines is 1. The van der Waals surface area contributed by atoms with Gasteiger partial charge in [0.2, 0.25) is 5.91 Å². The summed E-state index contributed by atoms with van der Waals surface area (Å²) < 4.78 is 5.40. The molecule has 0 saturated carbocycles. The number of nitrogens with zero attached hydrogens (tertiary/aromatic N) is 1. The maximum Gasteiger partial charge on any atom is 0.238 e. The lowest BCUT2D eigenvalue weighted by Crippen LogP contribution is -2.27. The molecule has 1 aromatic carbocycles. The van der Waals surface area contributed by atoms with E-state index in [1.165, 1.54) is 0 Å². The summed E-state index contributed by atoms with van der Waals surface area (Å²) >= 11 is 0. The summed E-state index contributed by atoms with van der Waals surface area (Å²) in [4.78, 5) is 13.6. The highest BCUT2D eigenvalue weighted by atomic mass is 16.3. The summed E-state index contributed by atoms with van der Waals surface area (Å²) in [5.41, 5.74) is 2.89. The average Bonchev–Trinajstić information content (AvgIpc) is 2.84. The number of likely N-dealkylation sites (N-methyl/N-ethyl adjacent to an activating group) is 1. The van der Waals surface area contributed by atoms with Crippen LogP contribution in [0.25, 0.3) is 11.3 Å². The van der Waals surface area contributed by atoms with Gasteiger partial charge in [0.25, 0.3) is 0 Å². The summed E-state index contributed by atoms with van der Waals surface area (Å²) in [5.74, 6) is 0.778. The number of rotatable bonds is 4. The zero-order chi connectivity index (χ0) is 13.8. The van der Waals surface area contributed by atoms with E-state index in [-0.39, 0.29) is 5.91 Å². The molecule has 2 aromatic rings. The second-order valence-corrected chi connectivity index (χ2v) is 4.79. The minimum atomic E-state index is -0.0285. The normalized spacial score (nSPS) is 10.7. The standard InChI is InChI=1S/C15H18N2O2/c1-11-6-7-12(16-15(18)10-17(2)3)9-13(11)14-5-4-8-19-14/h4-9H,10H2,1-3H3,(H,16,18). The number of carbonyl (C=O) groups excluding carboxylic acids is 1. The number of hydrogen-bond donors (Lipinski definition) is 1. The molecule has 0 aliphatic carbocycles. The first kappa shape index (κ1) is 13.4. The Bertz CT molecular complexity index is 560. The number of hydrogen-bond acceptors (Lipinski definition) is 3. The number of benzene rings is 1. The molecule has 0 aliphatic rings. The first-order valence-electron chi connectivity index (χ1n) is 6.15. The van der Waals surface area contributed by atoms with Gasteiger partial charge in [-0.05, 0) is 50.8 Å². The zero-order valence-electron chi connectivity index (χ0n) is 11.4. The van der Waals surface area contributed by atoms with E-state index in [1.54, 1.807) is 6.26 Å². The third-order valence-corrected chi connectivity index (χ3v) is 2.77. The lowest BCUT2D eigenvalue weighted by molar-refractivity contribution is -0.116. The number of nitrogens with one attached hydrogen (secondary N) is 1. The minimum Gasteiger partial charge on any atom is -0.464 e. The first-order chi connectivity index (χ1) is 9.06. The molecule has 2 rings (SSSR count). The van der Waals surface area contributed by atoms with Crippen molar-refractivity contribution in [2.75, 3.05) is 26.0 Å². The second-order valence-electron chi connectivity index (χ2n) is 4.79. The fourth-order valence-corrected chi connectivity index (χ4v) is 1.88. The van der Waals surface area contributed by atoms with Gasteiger partial charge >= 0.3 is 0 Å². The maximum atomic E-state index is 11.7. The summed E-state index contributed by atoms with van der Waals surface area (Å²) in [7, 11) is 3.73. The molecule has 19 heavy (non-hydrogen) atoms. The smallest absolute Gasteiger partial charge is 0.238 e. The van der Waals surface area contributed by atoms with Crippen molar-refractivity contribution in [3.8, 4) is 11.3 Å². The SMILES string of the molecule is Cc1ccc(NC(=O)CN(C)C)cc1-c1ccco1. The molecule has 0 bridgehead atoms. The van der Waals surface area contributed by atoms with Crippen LogP contribution < -0.4 is 5.32 Å². The van der Waals surface area contributed by atoms with Crippen LogP contribution in [0.4, 0.5) is 5.69 Å². The van der Waals surface area contributed by atoms with Crippen molar-refractivity contribution in [3.63, 3.8) is 0 Å². The van der Waals surface area contributed by atoms with Gasteiger partial charge in [-0.25, -0.2) is 0 Å². The molecule has 4 nitrogen and oxygen atoms in total. The third kappa shape index (κ3) is 3.45. The Labute approximate surface area is 113 Å². The Morgan fingerprint density at radius 3 is 2.74 bits per heavy atom. The number of aryl methyl sites for hydroxylation is 1. The van der Waals surface area contributed by atoms with Crippen LogP contribution in [0, 0.1) is 6.92 Å². The van der Waals surface area contributed by atoms with Crippen molar-refractivity contribution < 1.29 is 9.21 Å². The summed E-state index contributed by atoms with van der Waals surface area (Å²) in [5, 5.41) is 2.88. The first-order valence-corrected chi connectivity index (χ1v) is 6.15. The van der Waals surface area contributed by atoms with Crippen LogP contribution in [-0.2, 0) is 4.79 Å². The molecule has 100 valence electrons. The fraction of sp³-hybridized carbons (Fsp3) is 0.267. The maximum absolute atomic E-state index is 11.7. The van der Waals surface area contributed by atoms with E-state index in [9.17, 15) is 4.79 Å². The Kier molecular flexibility index (Phi) is 4.02. The predicted molar refractivity (Wildman–Crippen MR) is 76.1 cm³/mol. The summed E-state index contributed by atoms with van der Waals surface area (Å²) in [6, 6.07) is 9.57. The van der Waals surface area contributed by atoms with E-state index in [1.807, 2.05) is 56.3 Å². The van der Waals surface area contributed by atoms with E-state index in [0.29, 0.717) is 6.54 Å². The average molecular weight is 258 g/mol. The van der Waals surface area contributed by atoms with Gasteiger partial charge in [-0.1, -0.05) is 6.07 Å². The van der Waals surface area contributed by atoms with Crippen LogP contribution in [0.3, 0.4) is 0 Å². The molecule has 0 atom stereocenters. The molecule has 4 heteroatoms. The van der Waals surface area contributed by atoms with E-state index in [4.69, 9.17) is 4.42 Å². The second kappa shape index (κ2) is 5.71. The molecule has 1 N–H and O–H groups in total. The van der Waals surface area contributed by atoms with Crippen molar-refractivity contribution in [1.82, 2.24) is 4.90 Å². The quantitative estimate of drug-likeness (QED) is 0.917. The van der Waals surface area contributed by atoms with E-state index in [2.05, 4.69) is 5.32 Å². The van der Waals surface area contributed by atoms with Gasteiger partial charge in [-0.3, -0.25) is 4.79 Å². The van der Waals surface area contributed by atoms with Crippen LogP contribution in [0.2, 0.25) is 0 Å². The largest absolute Gasteiger partial charge is 0.464 e. The zero-order valence-corrected chi connectivity index (χ0v) is 11.4. The molecule has 1 amide bonds. The Morgan fingerprint density at radius 2 is 2.11 bits per heavy atom. The summed E-state index contributed by atoms with van der Waals surface area (Å²) in [6.07, 6.45) is 1.64. The molecule has 0 radical (unpaired) electrons. The predicted octanol–water partition coefficient (Wildman–Crippen LogP) is 2.76. The lowest BCUT2D eigenvalue weighted by atomic mass is 10.1. The minimum absolute atomic E-state index is 0.0285. The van der Waals surface area contributed by atoms with Gasteiger partial charge in [0.05, 0.1) is 12.8 Å². The molecular weight excluding hydrogens is 240 g/mol. The van der Waals surface area contributed by atoms with Crippen LogP contribution in [-0.4, -0.2) is 31.4 Å². The van der Waals surface area contributed by atoms with Crippen molar-refractivity contribution in [2.24, 2.45) is 0 Å². The Hall–Kier alpha value is -2.07.